The lowest BCUT2D eigenvalue weighted by Crippen LogP contribution is -2.54. The standard InChI is InChI=1S/C11H23NO4/c1-8(2)11(16-12,7-14-6)9(13)15-10(3,4)5/h8H,7,12H2,1-6H3/t11-/m1/s1. The van der Waals surface area contributed by atoms with E-state index in [0.29, 0.717) is 0 Å². The molecule has 0 aliphatic heterocycles. The van der Waals surface area contributed by atoms with E-state index in [2.05, 4.69) is 0 Å². The molecule has 0 saturated carbocycles. The molecular weight excluding hydrogens is 210 g/mol. The van der Waals surface area contributed by atoms with Crippen molar-refractivity contribution >= 4 is 5.97 Å². The Labute approximate surface area is 97.2 Å². The first-order valence-electron chi connectivity index (χ1n) is 5.30. The van der Waals surface area contributed by atoms with E-state index in [1.54, 1.807) is 20.8 Å². The van der Waals surface area contributed by atoms with Gasteiger partial charge in [-0.3, -0.25) is 4.84 Å². The number of carbonyl (C=O) groups is 1. The van der Waals surface area contributed by atoms with Crippen molar-refractivity contribution in [2.24, 2.45) is 11.8 Å². The molecule has 0 aliphatic rings. The molecule has 0 heterocycles. The van der Waals surface area contributed by atoms with Crippen LogP contribution in [0.15, 0.2) is 0 Å². The van der Waals surface area contributed by atoms with Crippen molar-refractivity contribution in [3.8, 4) is 0 Å². The topological polar surface area (TPSA) is 70.8 Å². The van der Waals surface area contributed by atoms with E-state index in [4.69, 9.17) is 20.2 Å². The summed E-state index contributed by atoms with van der Waals surface area (Å²) in [6, 6.07) is 0. The summed E-state index contributed by atoms with van der Waals surface area (Å²) in [6.07, 6.45) is 0. The van der Waals surface area contributed by atoms with E-state index in [-0.39, 0.29) is 12.5 Å². The fourth-order valence-electron chi connectivity index (χ4n) is 1.26. The van der Waals surface area contributed by atoms with Crippen molar-refractivity contribution in [1.82, 2.24) is 0 Å². The molecule has 0 rings (SSSR count). The summed E-state index contributed by atoms with van der Waals surface area (Å²) in [5.74, 6) is 4.59. The Kier molecular flexibility index (Phi) is 5.38. The number of ether oxygens (including phenoxy) is 2. The van der Waals surface area contributed by atoms with Crippen LogP contribution in [0.25, 0.3) is 0 Å². The Bertz CT molecular complexity index is 235. The fraction of sp³-hybridized carbons (Fsp3) is 0.909. The molecule has 0 fully saturated rings. The second kappa shape index (κ2) is 5.61. The van der Waals surface area contributed by atoms with Gasteiger partial charge in [-0.1, -0.05) is 13.8 Å². The van der Waals surface area contributed by atoms with Gasteiger partial charge in [0.1, 0.15) is 5.60 Å². The lowest BCUT2D eigenvalue weighted by Gasteiger charge is -2.34. The van der Waals surface area contributed by atoms with Crippen LogP contribution < -0.4 is 5.90 Å². The molecule has 5 heteroatoms. The maximum Gasteiger partial charge on any atom is 0.343 e. The Hall–Kier alpha value is -0.650. The van der Waals surface area contributed by atoms with E-state index < -0.39 is 17.2 Å². The molecule has 0 aromatic heterocycles. The Morgan fingerprint density at radius 1 is 1.31 bits per heavy atom. The summed E-state index contributed by atoms with van der Waals surface area (Å²) in [5, 5.41) is 0. The molecule has 0 unspecified atom stereocenters. The SMILES string of the molecule is COC[C@](ON)(C(=O)OC(C)(C)C)C(C)C. The number of methoxy groups -OCH3 is 1. The van der Waals surface area contributed by atoms with Crippen molar-refractivity contribution in [2.75, 3.05) is 13.7 Å². The summed E-state index contributed by atoms with van der Waals surface area (Å²) in [6.45, 7) is 9.10. The summed E-state index contributed by atoms with van der Waals surface area (Å²) < 4.78 is 10.3. The van der Waals surface area contributed by atoms with Crippen LogP contribution in [0.4, 0.5) is 0 Å². The van der Waals surface area contributed by atoms with Gasteiger partial charge in [0, 0.05) is 7.11 Å². The zero-order valence-corrected chi connectivity index (χ0v) is 11.0. The van der Waals surface area contributed by atoms with Crippen molar-refractivity contribution in [1.29, 1.82) is 0 Å². The van der Waals surface area contributed by atoms with Crippen LogP contribution >= 0.6 is 0 Å². The van der Waals surface area contributed by atoms with Crippen LogP contribution in [0.1, 0.15) is 34.6 Å². The van der Waals surface area contributed by atoms with Crippen LogP contribution in [0, 0.1) is 5.92 Å². The van der Waals surface area contributed by atoms with E-state index in [0.717, 1.165) is 0 Å². The summed E-state index contributed by atoms with van der Waals surface area (Å²) in [5.41, 5.74) is -1.83. The molecule has 0 aliphatic carbocycles. The first-order chi connectivity index (χ1) is 7.19. The van der Waals surface area contributed by atoms with Gasteiger partial charge in [-0.05, 0) is 26.7 Å². The van der Waals surface area contributed by atoms with Gasteiger partial charge in [0.05, 0.1) is 6.61 Å². The maximum absolute atomic E-state index is 12.0. The highest BCUT2D eigenvalue weighted by molar-refractivity contribution is 5.80. The van der Waals surface area contributed by atoms with Gasteiger partial charge < -0.3 is 9.47 Å². The minimum absolute atomic E-state index is 0.0656. The number of carbonyl (C=O) groups excluding carboxylic acids is 1. The molecule has 0 saturated heterocycles. The molecule has 0 bridgehead atoms. The zero-order chi connectivity index (χ0) is 13.0. The molecule has 0 aromatic carbocycles. The highest BCUT2D eigenvalue weighted by atomic mass is 16.7. The van der Waals surface area contributed by atoms with E-state index in [9.17, 15) is 4.79 Å². The molecular formula is C11H23NO4. The molecule has 0 radical (unpaired) electrons. The molecule has 1 atom stereocenters. The van der Waals surface area contributed by atoms with Crippen LogP contribution in [0.2, 0.25) is 0 Å². The second-order valence-electron chi connectivity index (χ2n) is 5.10. The second-order valence-corrected chi connectivity index (χ2v) is 5.10. The average Bonchev–Trinajstić information content (AvgIpc) is 2.10. The summed E-state index contributed by atoms with van der Waals surface area (Å²) in [4.78, 5) is 16.9. The molecule has 96 valence electrons. The van der Waals surface area contributed by atoms with Crippen molar-refractivity contribution < 1.29 is 19.1 Å². The number of nitrogens with two attached hydrogens (primary N) is 1. The number of rotatable bonds is 5. The highest BCUT2D eigenvalue weighted by Crippen LogP contribution is 2.25. The third-order valence-corrected chi connectivity index (χ3v) is 2.25. The molecule has 0 aromatic rings. The minimum atomic E-state index is -1.25. The van der Waals surface area contributed by atoms with E-state index in [1.165, 1.54) is 7.11 Å². The number of esters is 1. The average molecular weight is 233 g/mol. The first kappa shape index (κ1) is 15.3. The Balaban J connectivity index is 4.95. The van der Waals surface area contributed by atoms with Crippen molar-refractivity contribution in [2.45, 2.75) is 45.8 Å². The summed E-state index contributed by atoms with van der Waals surface area (Å²) in [7, 11) is 1.49. The molecule has 16 heavy (non-hydrogen) atoms. The van der Waals surface area contributed by atoms with Gasteiger partial charge in [0.15, 0.2) is 0 Å². The van der Waals surface area contributed by atoms with Gasteiger partial charge in [0.2, 0.25) is 5.60 Å². The van der Waals surface area contributed by atoms with Gasteiger partial charge in [-0.25, -0.2) is 10.7 Å². The normalized spacial score (nSPS) is 16.0. The quantitative estimate of drug-likeness (QED) is 0.572. The first-order valence-corrected chi connectivity index (χ1v) is 5.30. The Morgan fingerprint density at radius 2 is 1.81 bits per heavy atom. The monoisotopic (exact) mass is 233 g/mol. The van der Waals surface area contributed by atoms with Crippen molar-refractivity contribution in [3.05, 3.63) is 0 Å². The van der Waals surface area contributed by atoms with Gasteiger partial charge in [-0.2, -0.15) is 0 Å². The van der Waals surface area contributed by atoms with Gasteiger partial charge in [-0.15, -0.1) is 0 Å². The maximum atomic E-state index is 12.0. The fourth-order valence-corrected chi connectivity index (χ4v) is 1.26. The van der Waals surface area contributed by atoms with Crippen molar-refractivity contribution in [3.63, 3.8) is 0 Å². The minimum Gasteiger partial charge on any atom is -0.458 e. The van der Waals surface area contributed by atoms with Crippen LogP contribution in [-0.2, 0) is 19.1 Å². The zero-order valence-electron chi connectivity index (χ0n) is 11.0. The van der Waals surface area contributed by atoms with E-state index in [1.807, 2.05) is 13.8 Å². The van der Waals surface area contributed by atoms with Crippen LogP contribution in [0.3, 0.4) is 0 Å². The van der Waals surface area contributed by atoms with Crippen LogP contribution in [-0.4, -0.2) is 30.9 Å². The molecule has 2 N–H and O–H groups in total. The highest BCUT2D eigenvalue weighted by Gasteiger charge is 2.46. The summed E-state index contributed by atoms with van der Waals surface area (Å²) >= 11 is 0. The van der Waals surface area contributed by atoms with Gasteiger partial charge in [0.25, 0.3) is 0 Å². The Morgan fingerprint density at radius 3 is 2.06 bits per heavy atom. The van der Waals surface area contributed by atoms with Crippen LogP contribution in [0.5, 0.6) is 0 Å². The number of hydrogen-bond acceptors (Lipinski definition) is 5. The predicted octanol–water partition coefficient (Wildman–Crippen LogP) is 1.26. The van der Waals surface area contributed by atoms with E-state index >= 15 is 0 Å². The smallest absolute Gasteiger partial charge is 0.343 e. The lowest BCUT2D eigenvalue weighted by atomic mass is 9.91. The predicted molar refractivity (Wildman–Crippen MR) is 60.6 cm³/mol. The van der Waals surface area contributed by atoms with Gasteiger partial charge >= 0.3 is 5.97 Å². The lowest BCUT2D eigenvalue weighted by molar-refractivity contribution is -0.199. The number of hydrogen-bond donors (Lipinski definition) is 1. The largest absolute Gasteiger partial charge is 0.458 e. The third-order valence-electron chi connectivity index (χ3n) is 2.25. The molecule has 0 spiro atoms. The molecule has 0 amide bonds. The molecule has 5 nitrogen and oxygen atoms in total. The third kappa shape index (κ3) is 3.73.